The number of hydrogen-bond donors (Lipinski definition) is 1. The molecule has 0 aliphatic carbocycles. The van der Waals surface area contributed by atoms with E-state index in [4.69, 9.17) is 11.2 Å². The molecule has 1 N–H and O–H groups in total. The molecule has 5 heteroatoms. The minimum absolute atomic E-state index is 0.0217. The van der Waals surface area contributed by atoms with Crippen molar-refractivity contribution in [2.45, 2.75) is 6.61 Å². The Morgan fingerprint density at radius 2 is 2.10 bits per heavy atom. The zero-order valence-electron chi connectivity index (χ0n) is 10.7. The second-order valence-corrected chi connectivity index (χ2v) is 3.93. The molecule has 5 nitrogen and oxygen atoms in total. The van der Waals surface area contributed by atoms with E-state index >= 15 is 0 Å². The average Bonchev–Trinajstić information content (AvgIpc) is 2.52. The van der Waals surface area contributed by atoms with Gasteiger partial charge in [0.15, 0.2) is 0 Å². The third-order valence-electron chi connectivity index (χ3n) is 2.47. The maximum absolute atomic E-state index is 11.6. The van der Waals surface area contributed by atoms with Crippen molar-refractivity contribution in [3.8, 4) is 12.3 Å². The molecule has 100 valence electrons. The Morgan fingerprint density at radius 1 is 1.30 bits per heavy atom. The first-order valence-electron chi connectivity index (χ1n) is 6.00. The van der Waals surface area contributed by atoms with Gasteiger partial charge in [0.1, 0.15) is 31.0 Å². The second-order valence-electron chi connectivity index (χ2n) is 3.93. The number of nitrogens with one attached hydrogen (secondary N) is 1. The Morgan fingerprint density at radius 3 is 2.85 bits per heavy atom. The van der Waals surface area contributed by atoms with Crippen LogP contribution >= 0.6 is 0 Å². The van der Waals surface area contributed by atoms with Gasteiger partial charge in [0.05, 0.1) is 0 Å². The number of nitrogens with zero attached hydrogens (tertiary/aromatic N) is 2. The topological polar surface area (TPSA) is 64.1 Å². The van der Waals surface area contributed by atoms with Crippen LogP contribution in [0.5, 0.6) is 0 Å². The molecule has 0 saturated carbocycles. The van der Waals surface area contributed by atoms with Crippen LogP contribution in [0, 0.1) is 12.3 Å². The van der Waals surface area contributed by atoms with Crippen molar-refractivity contribution in [3.63, 3.8) is 0 Å². The van der Waals surface area contributed by atoms with E-state index in [-0.39, 0.29) is 19.1 Å². The first kappa shape index (κ1) is 13.6. The Hall–Kier alpha value is -2.87. The molecule has 0 aliphatic heterocycles. The second kappa shape index (κ2) is 6.90. The van der Waals surface area contributed by atoms with Crippen LogP contribution < -0.4 is 5.32 Å². The first-order valence-corrected chi connectivity index (χ1v) is 6.00. The number of terminal acetylenes is 1. The maximum atomic E-state index is 11.6. The van der Waals surface area contributed by atoms with Crippen LogP contribution in [-0.4, -0.2) is 22.5 Å². The van der Waals surface area contributed by atoms with Crippen LogP contribution in [0.15, 0.2) is 42.7 Å². The SMILES string of the molecule is C#Cc1cc(NCC(=O)OCc2ccccc2)ncn1. The summed E-state index contributed by atoms with van der Waals surface area (Å²) in [5.41, 5.74) is 1.40. The third-order valence-corrected chi connectivity index (χ3v) is 2.47. The molecule has 0 atom stereocenters. The van der Waals surface area contributed by atoms with Gasteiger partial charge in [-0.25, -0.2) is 9.97 Å². The number of ether oxygens (including phenoxy) is 1. The van der Waals surface area contributed by atoms with Crippen molar-refractivity contribution in [1.29, 1.82) is 0 Å². The molecule has 1 aromatic carbocycles. The third kappa shape index (κ3) is 4.10. The molecule has 0 spiro atoms. The highest BCUT2D eigenvalue weighted by molar-refractivity contribution is 5.74. The molecule has 0 radical (unpaired) electrons. The summed E-state index contributed by atoms with van der Waals surface area (Å²) < 4.78 is 5.12. The molecule has 20 heavy (non-hydrogen) atoms. The normalized spacial score (nSPS) is 9.55. The molecule has 0 fully saturated rings. The van der Waals surface area contributed by atoms with Gasteiger partial charge in [0.25, 0.3) is 0 Å². The van der Waals surface area contributed by atoms with E-state index in [0.717, 1.165) is 5.56 Å². The fraction of sp³-hybridized carbons (Fsp3) is 0.133. The van der Waals surface area contributed by atoms with Crippen molar-refractivity contribution < 1.29 is 9.53 Å². The van der Waals surface area contributed by atoms with E-state index in [9.17, 15) is 4.79 Å². The van der Waals surface area contributed by atoms with Gasteiger partial charge in [-0.3, -0.25) is 4.79 Å². The molecule has 0 saturated heterocycles. The summed E-state index contributed by atoms with van der Waals surface area (Å²) in [5.74, 6) is 2.52. The Bertz CT molecular complexity index is 621. The standard InChI is InChI=1S/C15H13N3O2/c1-2-13-8-14(18-11-17-13)16-9-15(19)20-10-12-6-4-3-5-7-12/h1,3-8,11H,9-10H2,(H,16,17,18). The summed E-state index contributed by atoms with van der Waals surface area (Å²) in [4.78, 5) is 19.4. The van der Waals surface area contributed by atoms with Crippen LogP contribution in [-0.2, 0) is 16.1 Å². The minimum Gasteiger partial charge on any atom is -0.460 e. The van der Waals surface area contributed by atoms with E-state index < -0.39 is 0 Å². The summed E-state index contributed by atoms with van der Waals surface area (Å²) >= 11 is 0. The lowest BCUT2D eigenvalue weighted by molar-refractivity contribution is -0.142. The highest BCUT2D eigenvalue weighted by Gasteiger charge is 2.04. The summed E-state index contributed by atoms with van der Waals surface area (Å²) in [5, 5.41) is 2.83. The van der Waals surface area contributed by atoms with Gasteiger partial charge < -0.3 is 10.1 Å². The molecular formula is C15H13N3O2. The Balaban J connectivity index is 1.79. The molecular weight excluding hydrogens is 254 g/mol. The number of anilines is 1. The zero-order valence-corrected chi connectivity index (χ0v) is 10.7. The molecule has 1 heterocycles. The number of rotatable bonds is 5. The molecule has 2 rings (SSSR count). The predicted octanol–water partition coefficient (Wildman–Crippen LogP) is 1.61. The number of aromatic nitrogens is 2. The predicted molar refractivity (Wildman–Crippen MR) is 74.7 cm³/mol. The highest BCUT2D eigenvalue weighted by Crippen LogP contribution is 2.03. The fourth-order valence-corrected chi connectivity index (χ4v) is 1.48. The molecule has 0 unspecified atom stereocenters. The van der Waals surface area contributed by atoms with Crippen molar-refractivity contribution in [2.24, 2.45) is 0 Å². The maximum Gasteiger partial charge on any atom is 0.325 e. The van der Waals surface area contributed by atoms with Gasteiger partial charge >= 0.3 is 5.97 Å². The van der Waals surface area contributed by atoms with Gasteiger partial charge in [0, 0.05) is 6.07 Å². The van der Waals surface area contributed by atoms with Gasteiger partial charge in [-0.15, -0.1) is 6.42 Å². The van der Waals surface area contributed by atoms with Crippen molar-refractivity contribution in [1.82, 2.24) is 9.97 Å². The number of hydrogen-bond acceptors (Lipinski definition) is 5. The smallest absolute Gasteiger partial charge is 0.325 e. The van der Waals surface area contributed by atoms with E-state index in [1.807, 2.05) is 30.3 Å². The summed E-state index contributed by atoms with van der Waals surface area (Å²) in [6.45, 7) is 0.272. The summed E-state index contributed by atoms with van der Waals surface area (Å²) in [7, 11) is 0. The van der Waals surface area contributed by atoms with E-state index in [2.05, 4.69) is 21.2 Å². The fourth-order valence-electron chi connectivity index (χ4n) is 1.48. The molecule has 1 aromatic heterocycles. The van der Waals surface area contributed by atoms with Crippen molar-refractivity contribution in [3.05, 3.63) is 54.0 Å². The van der Waals surface area contributed by atoms with Crippen LogP contribution in [0.3, 0.4) is 0 Å². The van der Waals surface area contributed by atoms with Crippen LogP contribution in [0.2, 0.25) is 0 Å². The molecule has 0 amide bonds. The Labute approximate surface area is 117 Å². The lowest BCUT2D eigenvalue weighted by Crippen LogP contribution is -2.17. The lowest BCUT2D eigenvalue weighted by Gasteiger charge is -2.06. The van der Waals surface area contributed by atoms with Gasteiger partial charge in [-0.2, -0.15) is 0 Å². The molecule has 0 aliphatic rings. The van der Waals surface area contributed by atoms with Crippen LogP contribution in [0.1, 0.15) is 11.3 Å². The largest absolute Gasteiger partial charge is 0.460 e. The van der Waals surface area contributed by atoms with Gasteiger partial charge in [0.2, 0.25) is 0 Å². The molecule has 2 aromatic rings. The number of esters is 1. The Kier molecular flexibility index (Phi) is 4.68. The van der Waals surface area contributed by atoms with Crippen molar-refractivity contribution in [2.75, 3.05) is 11.9 Å². The van der Waals surface area contributed by atoms with E-state index in [1.54, 1.807) is 6.07 Å². The monoisotopic (exact) mass is 267 g/mol. The zero-order chi connectivity index (χ0) is 14.2. The van der Waals surface area contributed by atoms with Crippen LogP contribution in [0.25, 0.3) is 0 Å². The van der Waals surface area contributed by atoms with Gasteiger partial charge in [-0.05, 0) is 5.56 Å². The number of benzene rings is 1. The first-order chi connectivity index (χ1) is 9.78. The number of carbonyl (C=O) groups excluding carboxylic acids is 1. The quantitative estimate of drug-likeness (QED) is 0.658. The van der Waals surface area contributed by atoms with Gasteiger partial charge in [-0.1, -0.05) is 36.3 Å². The number of carbonyl (C=O) groups is 1. The van der Waals surface area contributed by atoms with Crippen molar-refractivity contribution >= 4 is 11.8 Å². The van der Waals surface area contributed by atoms with E-state index in [1.165, 1.54) is 6.33 Å². The minimum atomic E-state index is -0.366. The van der Waals surface area contributed by atoms with Crippen LogP contribution in [0.4, 0.5) is 5.82 Å². The van der Waals surface area contributed by atoms with E-state index in [0.29, 0.717) is 11.5 Å². The highest BCUT2D eigenvalue weighted by atomic mass is 16.5. The summed E-state index contributed by atoms with van der Waals surface area (Å²) in [6.07, 6.45) is 6.57. The average molecular weight is 267 g/mol. The summed E-state index contributed by atoms with van der Waals surface area (Å²) in [6, 6.07) is 11.1. The lowest BCUT2D eigenvalue weighted by atomic mass is 10.2. The molecule has 0 bridgehead atoms.